The van der Waals surface area contributed by atoms with Crippen molar-refractivity contribution in [2.45, 2.75) is 24.7 Å². The Morgan fingerprint density at radius 1 is 1.14 bits per heavy atom. The molecule has 0 aromatic heterocycles. The Bertz CT molecular complexity index is 1120. The summed E-state index contributed by atoms with van der Waals surface area (Å²) in [6.07, 6.45) is 1.13. The second-order valence-corrected chi connectivity index (χ2v) is 8.45. The van der Waals surface area contributed by atoms with Gasteiger partial charge in [-0.1, -0.05) is 31.8 Å². The molecule has 7 heteroatoms. The van der Waals surface area contributed by atoms with Gasteiger partial charge in [-0.3, -0.25) is 0 Å². The van der Waals surface area contributed by atoms with Gasteiger partial charge in [-0.2, -0.15) is 5.26 Å². The summed E-state index contributed by atoms with van der Waals surface area (Å²) in [5.41, 5.74) is 2.12. The number of aliphatic carboxylic acids is 1. The predicted octanol–water partition coefficient (Wildman–Crippen LogP) is 2.95. The minimum atomic E-state index is -3.39. The van der Waals surface area contributed by atoms with Crippen molar-refractivity contribution in [3.05, 3.63) is 58.7 Å². The summed E-state index contributed by atoms with van der Waals surface area (Å²) >= 11 is 0. The number of hydrogen-bond donors (Lipinski definition) is 1. The average Bonchev–Trinajstić information content (AvgIpc) is 2.63. The highest BCUT2D eigenvalue weighted by molar-refractivity contribution is 7.90. The smallest absolute Gasteiger partial charge is 0.341 e. The van der Waals surface area contributed by atoms with E-state index in [9.17, 15) is 13.2 Å². The second kappa shape index (κ2) is 8.60. The molecule has 0 unspecified atom stereocenters. The van der Waals surface area contributed by atoms with E-state index in [-0.39, 0.29) is 16.6 Å². The number of sulfone groups is 1. The zero-order valence-electron chi connectivity index (χ0n) is 15.7. The zero-order chi connectivity index (χ0) is 20.9. The fourth-order valence-corrected chi connectivity index (χ4v) is 3.12. The van der Waals surface area contributed by atoms with Crippen molar-refractivity contribution in [1.29, 1.82) is 5.26 Å². The molecule has 2 aromatic carbocycles. The van der Waals surface area contributed by atoms with Crippen LogP contribution in [0.5, 0.6) is 5.75 Å². The summed E-state index contributed by atoms with van der Waals surface area (Å²) in [5.74, 6) is 5.06. The van der Waals surface area contributed by atoms with Crippen LogP contribution in [0.3, 0.4) is 0 Å². The highest BCUT2D eigenvalue weighted by Gasteiger charge is 2.12. The van der Waals surface area contributed by atoms with E-state index >= 15 is 0 Å². The molecule has 0 fully saturated rings. The maximum Gasteiger partial charge on any atom is 0.341 e. The van der Waals surface area contributed by atoms with Crippen LogP contribution in [0.2, 0.25) is 0 Å². The van der Waals surface area contributed by atoms with Crippen LogP contribution in [0.1, 0.15) is 42.0 Å². The molecule has 0 heterocycles. The Kier molecular flexibility index (Phi) is 6.45. The van der Waals surface area contributed by atoms with Crippen molar-refractivity contribution in [3.63, 3.8) is 0 Å². The van der Waals surface area contributed by atoms with Crippen LogP contribution < -0.4 is 4.74 Å². The van der Waals surface area contributed by atoms with Gasteiger partial charge >= 0.3 is 5.97 Å². The van der Waals surface area contributed by atoms with Crippen LogP contribution in [0, 0.1) is 23.2 Å². The maximum atomic E-state index is 11.9. The number of ether oxygens (including phenoxy) is 1. The van der Waals surface area contributed by atoms with Gasteiger partial charge < -0.3 is 9.84 Å². The Hall–Kier alpha value is -3.29. The molecule has 0 bridgehead atoms. The molecule has 0 aliphatic heterocycles. The molecule has 2 aromatic rings. The molecule has 6 nitrogen and oxygen atoms in total. The zero-order valence-corrected chi connectivity index (χ0v) is 16.5. The van der Waals surface area contributed by atoms with E-state index in [0.29, 0.717) is 16.7 Å². The van der Waals surface area contributed by atoms with E-state index in [1.165, 1.54) is 24.3 Å². The van der Waals surface area contributed by atoms with Crippen LogP contribution in [0.25, 0.3) is 0 Å². The van der Waals surface area contributed by atoms with E-state index in [1.807, 2.05) is 19.9 Å². The maximum absolute atomic E-state index is 11.9. The van der Waals surface area contributed by atoms with Crippen molar-refractivity contribution in [3.8, 4) is 23.7 Å². The van der Waals surface area contributed by atoms with Gasteiger partial charge in [0.1, 0.15) is 5.75 Å². The third kappa shape index (κ3) is 5.35. The fraction of sp³-hybridized carbons (Fsp3) is 0.238. The molecule has 144 valence electrons. The summed E-state index contributed by atoms with van der Waals surface area (Å²) in [7, 11) is -3.39. The lowest BCUT2D eigenvalue weighted by Gasteiger charge is -2.10. The molecule has 0 atom stereocenters. The van der Waals surface area contributed by atoms with Crippen molar-refractivity contribution in [2.75, 3.05) is 12.9 Å². The molecule has 0 saturated carbocycles. The van der Waals surface area contributed by atoms with Gasteiger partial charge in [0.25, 0.3) is 0 Å². The number of nitrogens with zero attached hydrogens (tertiary/aromatic N) is 1. The monoisotopic (exact) mass is 397 g/mol. The Morgan fingerprint density at radius 3 is 2.39 bits per heavy atom. The molecule has 0 amide bonds. The Balaban J connectivity index is 2.58. The van der Waals surface area contributed by atoms with Crippen molar-refractivity contribution >= 4 is 15.8 Å². The first-order chi connectivity index (χ1) is 13.1. The van der Waals surface area contributed by atoms with Crippen LogP contribution in [-0.2, 0) is 14.6 Å². The van der Waals surface area contributed by atoms with E-state index in [4.69, 9.17) is 15.1 Å². The lowest BCUT2D eigenvalue weighted by atomic mass is 9.97. The highest BCUT2D eigenvalue weighted by Crippen LogP contribution is 2.24. The van der Waals surface area contributed by atoms with Gasteiger partial charge in [0.15, 0.2) is 16.4 Å². The standard InChI is InChI=1S/C21H19NO5S/c1-14(2)19-8-7-18(28(3,25)26)11-16(19)5-6-17-10-15(12-22)4-9-20(17)27-13-21(23)24/h4,7-11,14H,13H2,1-3H3,(H,23,24). The lowest BCUT2D eigenvalue weighted by Crippen LogP contribution is -2.10. The van der Waals surface area contributed by atoms with E-state index in [2.05, 4.69) is 11.8 Å². The van der Waals surface area contributed by atoms with Gasteiger partial charge in [-0.15, -0.1) is 0 Å². The van der Waals surface area contributed by atoms with Crippen LogP contribution in [-0.4, -0.2) is 32.4 Å². The summed E-state index contributed by atoms with van der Waals surface area (Å²) < 4.78 is 29.0. The first-order valence-electron chi connectivity index (χ1n) is 8.36. The summed E-state index contributed by atoms with van der Waals surface area (Å²) in [6.45, 7) is 3.40. The molecule has 0 saturated heterocycles. The number of hydrogen-bond acceptors (Lipinski definition) is 5. The third-order valence-corrected chi connectivity index (χ3v) is 4.98. The molecule has 0 spiro atoms. The normalized spacial score (nSPS) is 10.7. The summed E-state index contributed by atoms with van der Waals surface area (Å²) in [6, 6.07) is 11.3. The number of nitriles is 1. The molecular formula is C21H19NO5S. The Labute approximate surface area is 164 Å². The predicted molar refractivity (Wildman–Crippen MR) is 104 cm³/mol. The van der Waals surface area contributed by atoms with E-state index < -0.39 is 22.4 Å². The molecule has 0 aliphatic carbocycles. The summed E-state index contributed by atoms with van der Waals surface area (Å²) in [5, 5.41) is 17.9. The quantitative estimate of drug-likeness (QED) is 0.778. The molecule has 0 radical (unpaired) electrons. The van der Waals surface area contributed by atoms with E-state index in [1.54, 1.807) is 12.1 Å². The SMILES string of the molecule is CC(C)c1ccc(S(C)(=O)=O)cc1C#Cc1cc(C#N)ccc1OCC(=O)O. The highest BCUT2D eigenvalue weighted by atomic mass is 32.2. The summed E-state index contributed by atoms with van der Waals surface area (Å²) in [4.78, 5) is 10.9. The van der Waals surface area contributed by atoms with Gasteiger partial charge in [0, 0.05) is 11.8 Å². The first kappa shape index (κ1) is 21.0. The topological polar surface area (TPSA) is 104 Å². The number of carbonyl (C=O) groups is 1. The lowest BCUT2D eigenvalue weighted by molar-refractivity contribution is -0.139. The largest absolute Gasteiger partial charge is 0.481 e. The molecule has 28 heavy (non-hydrogen) atoms. The minimum Gasteiger partial charge on any atom is -0.481 e. The first-order valence-corrected chi connectivity index (χ1v) is 10.3. The van der Waals surface area contributed by atoms with Gasteiger partial charge in [0.05, 0.1) is 22.1 Å². The molecule has 1 N–H and O–H groups in total. The fourth-order valence-electron chi connectivity index (χ4n) is 2.47. The minimum absolute atomic E-state index is 0.117. The van der Waals surface area contributed by atoms with E-state index in [0.717, 1.165) is 11.8 Å². The van der Waals surface area contributed by atoms with Crippen molar-refractivity contribution < 1.29 is 23.1 Å². The number of carboxylic acid groups (broad SMARTS) is 1. The molecule has 2 rings (SSSR count). The third-order valence-electron chi connectivity index (χ3n) is 3.87. The van der Waals surface area contributed by atoms with Crippen LogP contribution in [0.4, 0.5) is 0 Å². The van der Waals surface area contributed by atoms with Crippen LogP contribution >= 0.6 is 0 Å². The van der Waals surface area contributed by atoms with Gasteiger partial charge in [-0.25, -0.2) is 13.2 Å². The Morgan fingerprint density at radius 2 is 1.82 bits per heavy atom. The second-order valence-electron chi connectivity index (χ2n) is 6.43. The number of benzene rings is 2. The molecular weight excluding hydrogens is 378 g/mol. The average molecular weight is 397 g/mol. The van der Waals surface area contributed by atoms with Gasteiger partial charge in [-0.05, 0) is 41.8 Å². The van der Waals surface area contributed by atoms with Crippen LogP contribution in [0.15, 0.2) is 41.3 Å². The molecule has 0 aliphatic rings. The van der Waals surface area contributed by atoms with Crippen molar-refractivity contribution in [2.24, 2.45) is 0 Å². The van der Waals surface area contributed by atoms with Gasteiger partial charge in [0.2, 0.25) is 0 Å². The van der Waals surface area contributed by atoms with Crippen molar-refractivity contribution in [1.82, 2.24) is 0 Å². The number of carboxylic acids is 1. The number of rotatable bonds is 5.